The molecule has 1 aromatic carbocycles. The Morgan fingerprint density at radius 3 is 2.39 bits per heavy atom. The molecule has 0 spiro atoms. The lowest BCUT2D eigenvalue weighted by Crippen LogP contribution is -2.57. The van der Waals surface area contributed by atoms with Crippen LogP contribution in [-0.4, -0.2) is 92.1 Å². The van der Waals surface area contributed by atoms with E-state index in [9.17, 15) is 30.3 Å². The summed E-state index contributed by atoms with van der Waals surface area (Å²) >= 11 is 0. The number of aliphatic hydroxyl groups excluding tert-OH is 5. The van der Waals surface area contributed by atoms with Gasteiger partial charge in [-0.3, -0.25) is 9.89 Å². The van der Waals surface area contributed by atoms with E-state index < -0.39 is 43.9 Å². The van der Waals surface area contributed by atoms with Gasteiger partial charge in [0.15, 0.2) is 0 Å². The summed E-state index contributed by atoms with van der Waals surface area (Å²) in [5, 5.41) is 57.5. The minimum absolute atomic E-state index is 0.185. The van der Waals surface area contributed by atoms with E-state index in [-0.39, 0.29) is 24.9 Å². The number of benzene rings is 1. The zero-order valence-corrected chi connectivity index (χ0v) is 22.1. The van der Waals surface area contributed by atoms with Crippen molar-refractivity contribution >= 4 is 5.91 Å². The Hall–Kier alpha value is -2.54. The Morgan fingerprint density at radius 2 is 1.79 bits per heavy atom. The van der Waals surface area contributed by atoms with Gasteiger partial charge in [-0.1, -0.05) is 38.1 Å². The molecule has 1 amide bonds. The van der Waals surface area contributed by atoms with Gasteiger partial charge >= 0.3 is 0 Å². The third-order valence-corrected chi connectivity index (χ3v) is 6.81. The number of carbonyl (C=O) groups is 1. The summed E-state index contributed by atoms with van der Waals surface area (Å²) in [6.07, 6.45) is 0.897. The van der Waals surface area contributed by atoms with Crippen LogP contribution in [0.4, 0.5) is 0 Å². The van der Waals surface area contributed by atoms with Gasteiger partial charge in [-0.05, 0) is 29.9 Å². The highest BCUT2D eigenvalue weighted by atomic mass is 16.7. The number of ether oxygens (including phenoxy) is 2. The summed E-state index contributed by atoms with van der Waals surface area (Å²) in [4.78, 5) is 12.2. The quantitative estimate of drug-likeness (QED) is 0.182. The molecule has 1 aliphatic rings. The van der Waals surface area contributed by atoms with Crippen molar-refractivity contribution in [2.45, 2.75) is 82.3 Å². The van der Waals surface area contributed by atoms with Gasteiger partial charge in [0.2, 0.25) is 18.1 Å². The number of hydrogen-bond acceptors (Lipinski definition) is 9. The lowest BCUT2D eigenvalue weighted by Gasteiger charge is -2.31. The maximum Gasteiger partial charge on any atom is 0.238 e. The summed E-state index contributed by atoms with van der Waals surface area (Å²) in [5.41, 5.74) is 2.57. The molecular formula is C27H41N3O8. The van der Waals surface area contributed by atoms with Crippen LogP contribution in [0.1, 0.15) is 67.8 Å². The molecule has 3 unspecified atom stereocenters. The summed E-state index contributed by atoms with van der Waals surface area (Å²) in [6, 6.07) is 8.06. The molecule has 2 heterocycles. The van der Waals surface area contributed by atoms with Crippen LogP contribution in [0.3, 0.4) is 0 Å². The normalized spacial score (nSPS) is 20.1. The molecule has 1 aromatic heterocycles. The molecule has 7 N–H and O–H groups in total. The second-order valence-corrected chi connectivity index (χ2v) is 10.3. The number of carbonyl (C=O) groups excluding carboxylic acids is 1. The average Bonchev–Trinajstić information content (AvgIpc) is 3.30. The Balaban J connectivity index is 1.60. The van der Waals surface area contributed by atoms with Gasteiger partial charge in [-0.25, -0.2) is 0 Å². The number of amides is 1. The minimum atomic E-state index is -1.41. The molecule has 11 nitrogen and oxygen atoms in total. The highest BCUT2D eigenvalue weighted by molar-refractivity contribution is 5.76. The lowest BCUT2D eigenvalue weighted by atomic mass is 9.98. The highest BCUT2D eigenvalue weighted by Gasteiger charge is 2.31. The maximum atomic E-state index is 12.2. The third kappa shape index (κ3) is 7.98. The number of aliphatic hydroxyl groups is 5. The van der Waals surface area contributed by atoms with Crippen LogP contribution in [0, 0.1) is 0 Å². The fourth-order valence-electron chi connectivity index (χ4n) is 4.48. The van der Waals surface area contributed by atoms with Crippen LogP contribution in [0.2, 0.25) is 0 Å². The Labute approximate surface area is 222 Å². The van der Waals surface area contributed by atoms with E-state index in [0.717, 1.165) is 22.4 Å². The van der Waals surface area contributed by atoms with Crippen molar-refractivity contribution in [1.82, 2.24) is 15.5 Å². The molecule has 1 saturated heterocycles. The molecular weight excluding hydrogens is 494 g/mol. The first-order valence-electron chi connectivity index (χ1n) is 13.1. The smallest absolute Gasteiger partial charge is 0.238 e. The van der Waals surface area contributed by atoms with Crippen molar-refractivity contribution in [1.29, 1.82) is 0 Å². The Bertz CT molecular complexity index is 998. The van der Waals surface area contributed by atoms with E-state index in [1.54, 1.807) is 0 Å². The molecule has 0 radical (unpaired) electrons. The highest BCUT2D eigenvalue weighted by Crippen LogP contribution is 2.31. The number of aromatic amines is 1. The van der Waals surface area contributed by atoms with E-state index in [1.165, 1.54) is 0 Å². The molecule has 3 atom stereocenters. The minimum Gasteiger partial charge on any atom is -0.446 e. The standard InChI is InChI=1S/C27H41N3O8/c1-17(2)25-22(26(30-29-25)38-24-12-20(35)11-21(13-31)37-24)10-19-8-6-18(7-9-19)4-3-5-23(36)28-27(14-32,15-33)16-34/h6-9,17,20-21,24,31-35H,3-5,10-16H2,1-2H3,(H,28,36)(H,29,30). The van der Waals surface area contributed by atoms with Gasteiger partial charge in [0.25, 0.3) is 0 Å². The molecule has 11 heteroatoms. The number of H-pyrrole nitrogens is 1. The summed E-state index contributed by atoms with van der Waals surface area (Å²) in [7, 11) is 0. The topological polar surface area (TPSA) is 177 Å². The zero-order valence-electron chi connectivity index (χ0n) is 22.1. The van der Waals surface area contributed by atoms with Crippen molar-refractivity contribution in [2.24, 2.45) is 0 Å². The molecule has 0 bridgehead atoms. The van der Waals surface area contributed by atoms with Crippen LogP contribution in [0.25, 0.3) is 0 Å². The summed E-state index contributed by atoms with van der Waals surface area (Å²) in [6.45, 7) is 2.30. The van der Waals surface area contributed by atoms with E-state index in [4.69, 9.17) is 9.47 Å². The van der Waals surface area contributed by atoms with E-state index >= 15 is 0 Å². The van der Waals surface area contributed by atoms with Crippen LogP contribution < -0.4 is 10.1 Å². The van der Waals surface area contributed by atoms with Crippen molar-refractivity contribution in [3.8, 4) is 5.88 Å². The number of nitrogens with zero attached hydrogens (tertiary/aromatic N) is 1. The van der Waals surface area contributed by atoms with Gasteiger partial charge in [0.1, 0.15) is 5.54 Å². The maximum absolute atomic E-state index is 12.2. The van der Waals surface area contributed by atoms with Gasteiger partial charge in [0, 0.05) is 36.9 Å². The Kier molecular flexibility index (Phi) is 11.1. The van der Waals surface area contributed by atoms with Gasteiger partial charge < -0.3 is 40.3 Å². The number of hydrogen-bond donors (Lipinski definition) is 7. The number of aromatic nitrogens is 2. The van der Waals surface area contributed by atoms with Gasteiger partial charge in [0.05, 0.1) is 38.6 Å². The van der Waals surface area contributed by atoms with Gasteiger partial charge in [-0.2, -0.15) is 0 Å². The molecule has 1 aliphatic heterocycles. The lowest BCUT2D eigenvalue weighted by molar-refractivity contribution is -0.186. The molecule has 212 valence electrons. The van der Waals surface area contributed by atoms with Crippen molar-refractivity contribution < 1.29 is 39.8 Å². The zero-order chi connectivity index (χ0) is 27.7. The van der Waals surface area contributed by atoms with E-state index in [2.05, 4.69) is 29.4 Å². The molecule has 3 rings (SSSR count). The number of nitrogens with one attached hydrogen (secondary N) is 2. The molecule has 0 aliphatic carbocycles. The van der Waals surface area contributed by atoms with Crippen molar-refractivity contribution in [3.05, 3.63) is 46.6 Å². The fourth-order valence-corrected chi connectivity index (χ4v) is 4.48. The predicted molar refractivity (Wildman–Crippen MR) is 139 cm³/mol. The van der Waals surface area contributed by atoms with Crippen LogP contribution >= 0.6 is 0 Å². The Morgan fingerprint density at radius 1 is 1.13 bits per heavy atom. The second kappa shape index (κ2) is 14.0. The largest absolute Gasteiger partial charge is 0.446 e. The molecule has 1 fully saturated rings. The monoisotopic (exact) mass is 535 g/mol. The first-order valence-corrected chi connectivity index (χ1v) is 13.1. The van der Waals surface area contributed by atoms with Crippen LogP contribution in [0.5, 0.6) is 5.88 Å². The first-order chi connectivity index (χ1) is 18.2. The summed E-state index contributed by atoms with van der Waals surface area (Å²) < 4.78 is 11.8. The molecule has 0 saturated carbocycles. The molecule has 38 heavy (non-hydrogen) atoms. The van der Waals surface area contributed by atoms with Gasteiger partial charge in [-0.15, -0.1) is 5.10 Å². The first kappa shape index (κ1) is 30.0. The van der Waals surface area contributed by atoms with Crippen LogP contribution in [0.15, 0.2) is 24.3 Å². The summed E-state index contributed by atoms with van der Waals surface area (Å²) in [5.74, 6) is 0.265. The SMILES string of the molecule is CC(C)c1[nH]nc(OC2CC(O)CC(CO)O2)c1Cc1ccc(CCCC(=O)NC(CO)(CO)CO)cc1. The van der Waals surface area contributed by atoms with E-state index in [0.29, 0.717) is 38.0 Å². The average molecular weight is 536 g/mol. The fraction of sp³-hybridized carbons (Fsp3) is 0.630. The number of rotatable bonds is 14. The number of aryl methyl sites for hydroxylation is 1. The van der Waals surface area contributed by atoms with Crippen molar-refractivity contribution in [2.75, 3.05) is 26.4 Å². The van der Waals surface area contributed by atoms with Crippen LogP contribution in [-0.2, 0) is 22.4 Å². The van der Waals surface area contributed by atoms with E-state index in [1.807, 2.05) is 24.3 Å². The molecule has 2 aromatic rings. The third-order valence-electron chi connectivity index (χ3n) is 6.81. The van der Waals surface area contributed by atoms with Crippen molar-refractivity contribution in [3.63, 3.8) is 0 Å². The predicted octanol–water partition coefficient (Wildman–Crippen LogP) is 0.516. The second-order valence-electron chi connectivity index (χ2n) is 10.3.